The van der Waals surface area contributed by atoms with Gasteiger partial charge in [0.15, 0.2) is 0 Å². The van der Waals surface area contributed by atoms with E-state index in [-0.39, 0.29) is 12.5 Å². The lowest BCUT2D eigenvalue weighted by atomic mass is 10.1. The van der Waals surface area contributed by atoms with Gasteiger partial charge in [-0.2, -0.15) is 10.2 Å². The fourth-order valence-electron chi connectivity index (χ4n) is 3.68. The molecule has 4 aromatic rings. The molecule has 0 saturated carbocycles. The topological polar surface area (TPSA) is 107 Å². The van der Waals surface area contributed by atoms with Crippen molar-refractivity contribution >= 4 is 18.0 Å². The highest BCUT2D eigenvalue weighted by molar-refractivity contribution is 5.96. The molecule has 2 N–H and O–H groups in total. The third kappa shape index (κ3) is 7.54. The minimum absolute atomic E-state index is 0.223. The van der Waals surface area contributed by atoms with E-state index < -0.39 is 5.91 Å². The van der Waals surface area contributed by atoms with Gasteiger partial charge in [-0.15, -0.1) is 0 Å². The monoisotopic (exact) mass is 525 g/mol. The van der Waals surface area contributed by atoms with Gasteiger partial charge in [0.05, 0.1) is 32.2 Å². The molecule has 0 spiro atoms. The van der Waals surface area contributed by atoms with Crippen LogP contribution in [0.4, 0.5) is 0 Å². The summed E-state index contributed by atoms with van der Waals surface area (Å²) in [7, 11) is 1.61. The number of nitrogens with one attached hydrogen (secondary N) is 2. The van der Waals surface area contributed by atoms with Gasteiger partial charge in [-0.05, 0) is 67.1 Å². The predicted octanol–water partition coefficient (Wildman–Crippen LogP) is 4.61. The van der Waals surface area contributed by atoms with Crippen molar-refractivity contribution < 1.29 is 19.1 Å². The van der Waals surface area contributed by atoms with Gasteiger partial charge in [0.2, 0.25) is 0 Å². The van der Waals surface area contributed by atoms with Crippen molar-refractivity contribution in [3.63, 3.8) is 0 Å². The fraction of sp³-hybridized carbons (Fsp3) is 0.200. The zero-order valence-electron chi connectivity index (χ0n) is 22.0. The number of hydrogen-bond acceptors (Lipinski definition) is 6. The molecule has 0 aliphatic heterocycles. The molecule has 3 aromatic carbocycles. The Morgan fingerprint density at radius 1 is 0.974 bits per heavy atom. The second kappa shape index (κ2) is 13.6. The van der Waals surface area contributed by atoms with Crippen molar-refractivity contribution in [2.75, 3.05) is 20.3 Å². The molecule has 0 unspecified atom stereocenters. The summed E-state index contributed by atoms with van der Waals surface area (Å²) in [4.78, 5) is 24.7. The van der Waals surface area contributed by atoms with E-state index in [1.54, 1.807) is 36.1 Å². The van der Waals surface area contributed by atoms with Crippen LogP contribution in [0.1, 0.15) is 35.7 Å². The Morgan fingerprint density at radius 2 is 1.69 bits per heavy atom. The van der Waals surface area contributed by atoms with Crippen LogP contribution in [0.5, 0.6) is 11.5 Å². The van der Waals surface area contributed by atoms with Gasteiger partial charge >= 0.3 is 0 Å². The number of nitrogens with zero attached hydrogens (tertiary/aromatic N) is 3. The minimum Gasteiger partial charge on any atom is -0.497 e. The summed E-state index contributed by atoms with van der Waals surface area (Å²) in [5.41, 5.74) is 6.05. The lowest BCUT2D eigenvalue weighted by molar-refractivity contribution is -0.120. The molecule has 0 aliphatic carbocycles. The van der Waals surface area contributed by atoms with Crippen LogP contribution >= 0.6 is 0 Å². The van der Waals surface area contributed by atoms with Crippen molar-refractivity contribution in [1.82, 2.24) is 20.5 Å². The maximum absolute atomic E-state index is 12.4. The standard InChI is InChI=1S/C30H31N5O4/c1-3-4-18-39-27-16-12-23(13-17-27)30(37)31-20-28(36)33-32-19-24-21-35(25-8-6-5-7-9-25)34-29(24)22-10-14-26(38-2)15-11-22/h5-17,19,21H,3-4,18,20H2,1-2H3,(H,31,37)(H,33,36)/b32-19+. The second-order valence-corrected chi connectivity index (χ2v) is 8.64. The molecule has 4 rings (SSSR count). The average molecular weight is 526 g/mol. The highest BCUT2D eigenvalue weighted by atomic mass is 16.5. The summed E-state index contributed by atoms with van der Waals surface area (Å²) in [6.07, 6.45) is 5.39. The Hall–Kier alpha value is -4.92. The maximum atomic E-state index is 12.4. The van der Waals surface area contributed by atoms with Gasteiger partial charge in [-0.25, -0.2) is 10.1 Å². The number of methoxy groups -OCH3 is 1. The number of rotatable bonds is 12. The molecule has 2 amide bonds. The first-order valence-corrected chi connectivity index (χ1v) is 12.7. The molecule has 1 heterocycles. The van der Waals surface area contributed by atoms with Gasteiger partial charge in [-0.1, -0.05) is 31.5 Å². The zero-order chi connectivity index (χ0) is 27.5. The summed E-state index contributed by atoms with van der Waals surface area (Å²) < 4.78 is 12.6. The van der Waals surface area contributed by atoms with Crippen LogP contribution in [-0.4, -0.2) is 48.1 Å². The number of benzene rings is 3. The average Bonchev–Trinajstić information content (AvgIpc) is 3.41. The van der Waals surface area contributed by atoms with Crippen molar-refractivity contribution in [2.24, 2.45) is 5.10 Å². The first kappa shape index (κ1) is 27.1. The normalized spacial score (nSPS) is 10.8. The van der Waals surface area contributed by atoms with E-state index >= 15 is 0 Å². The van der Waals surface area contributed by atoms with Crippen LogP contribution in [0, 0.1) is 0 Å². The summed E-state index contributed by atoms with van der Waals surface area (Å²) in [5.74, 6) is 0.624. The number of hydrazone groups is 1. The lowest BCUT2D eigenvalue weighted by Crippen LogP contribution is -2.34. The largest absolute Gasteiger partial charge is 0.497 e. The minimum atomic E-state index is -0.458. The first-order valence-electron chi connectivity index (χ1n) is 12.7. The summed E-state index contributed by atoms with van der Waals surface area (Å²) in [5, 5.41) is 11.4. The van der Waals surface area contributed by atoms with E-state index in [9.17, 15) is 9.59 Å². The smallest absolute Gasteiger partial charge is 0.259 e. The van der Waals surface area contributed by atoms with Gasteiger partial charge in [0.1, 0.15) is 17.2 Å². The van der Waals surface area contributed by atoms with Crippen molar-refractivity contribution in [2.45, 2.75) is 19.8 Å². The molecule has 0 radical (unpaired) electrons. The Morgan fingerprint density at radius 3 is 2.38 bits per heavy atom. The summed E-state index contributed by atoms with van der Waals surface area (Å²) in [6.45, 7) is 2.51. The van der Waals surface area contributed by atoms with Crippen LogP contribution in [0.25, 0.3) is 16.9 Å². The Bertz CT molecular complexity index is 1400. The van der Waals surface area contributed by atoms with Crippen LogP contribution < -0.4 is 20.2 Å². The van der Waals surface area contributed by atoms with Gasteiger partial charge in [0, 0.05) is 22.9 Å². The molecule has 200 valence electrons. The highest BCUT2D eigenvalue weighted by Crippen LogP contribution is 2.25. The number of carbonyl (C=O) groups is 2. The fourth-order valence-corrected chi connectivity index (χ4v) is 3.68. The Balaban J connectivity index is 1.37. The molecular weight excluding hydrogens is 494 g/mol. The molecular formula is C30H31N5O4. The molecule has 0 saturated heterocycles. The van der Waals surface area contributed by atoms with Crippen LogP contribution in [-0.2, 0) is 4.79 Å². The number of ether oxygens (including phenoxy) is 2. The number of carbonyl (C=O) groups excluding carboxylic acids is 2. The number of hydrogen-bond donors (Lipinski definition) is 2. The second-order valence-electron chi connectivity index (χ2n) is 8.64. The third-order valence-electron chi connectivity index (χ3n) is 5.81. The molecule has 0 atom stereocenters. The quantitative estimate of drug-likeness (QED) is 0.160. The lowest BCUT2D eigenvalue weighted by Gasteiger charge is -2.07. The molecule has 1 aromatic heterocycles. The van der Waals surface area contributed by atoms with Crippen LogP contribution in [0.15, 0.2) is 90.2 Å². The first-order chi connectivity index (χ1) is 19.1. The van der Waals surface area contributed by atoms with E-state index in [1.165, 1.54) is 6.21 Å². The van der Waals surface area contributed by atoms with Crippen LogP contribution in [0.2, 0.25) is 0 Å². The van der Waals surface area contributed by atoms with Crippen LogP contribution in [0.3, 0.4) is 0 Å². The van der Waals surface area contributed by atoms with E-state index in [4.69, 9.17) is 14.6 Å². The number of aromatic nitrogens is 2. The van der Waals surface area contributed by atoms with Crippen molar-refractivity contribution in [1.29, 1.82) is 0 Å². The van der Waals surface area contributed by atoms with E-state index in [2.05, 4.69) is 22.8 Å². The molecule has 9 nitrogen and oxygen atoms in total. The molecule has 0 aliphatic rings. The number of para-hydroxylation sites is 1. The van der Waals surface area contributed by atoms with E-state index in [1.807, 2.05) is 60.8 Å². The molecule has 9 heteroatoms. The van der Waals surface area contributed by atoms with Gasteiger partial charge < -0.3 is 14.8 Å². The summed E-state index contributed by atoms with van der Waals surface area (Å²) >= 11 is 0. The number of amides is 2. The Labute approximate surface area is 227 Å². The van der Waals surface area contributed by atoms with Crippen molar-refractivity contribution in [3.05, 3.63) is 96.2 Å². The number of unbranched alkanes of at least 4 members (excludes halogenated alkanes) is 1. The molecule has 0 bridgehead atoms. The summed E-state index contributed by atoms with van der Waals surface area (Å²) in [6, 6.07) is 24.0. The Kier molecular flexibility index (Phi) is 9.44. The maximum Gasteiger partial charge on any atom is 0.259 e. The highest BCUT2D eigenvalue weighted by Gasteiger charge is 2.12. The van der Waals surface area contributed by atoms with Gasteiger partial charge in [-0.3, -0.25) is 9.59 Å². The SMILES string of the molecule is CCCCOc1ccc(C(=O)NCC(=O)N/N=C/c2cn(-c3ccccc3)nc2-c2ccc(OC)cc2)cc1. The molecule has 0 fully saturated rings. The third-order valence-corrected chi connectivity index (χ3v) is 5.81. The zero-order valence-corrected chi connectivity index (χ0v) is 22.0. The van der Waals surface area contributed by atoms with E-state index in [0.29, 0.717) is 29.2 Å². The van der Waals surface area contributed by atoms with Gasteiger partial charge in [0.25, 0.3) is 11.8 Å². The predicted molar refractivity (Wildman–Crippen MR) is 150 cm³/mol. The van der Waals surface area contributed by atoms with E-state index in [0.717, 1.165) is 29.8 Å². The molecule has 39 heavy (non-hydrogen) atoms. The van der Waals surface area contributed by atoms with Crippen molar-refractivity contribution in [3.8, 4) is 28.4 Å².